The van der Waals surface area contributed by atoms with Gasteiger partial charge in [0.1, 0.15) is 11.5 Å². The molecule has 2 N–H and O–H groups in total. The normalized spacial score (nSPS) is 10.0. The monoisotopic (exact) mass is 333 g/mol. The van der Waals surface area contributed by atoms with Crippen LogP contribution in [0.5, 0.6) is 28.7 Å². The third-order valence-electron chi connectivity index (χ3n) is 3.31. The number of nitrogen functional groups attached to an aromatic ring is 1. The zero-order chi connectivity index (χ0) is 17.7. The topological polar surface area (TPSA) is 89.2 Å². The second kappa shape index (κ2) is 7.45. The number of esters is 1. The third-order valence-corrected chi connectivity index (χ3v) is 3.31. The summed E-state index contributed by atoms with van der Waals surface area (Å²) in [6.45, 7) is 0. The number of hydrogen-bond donors (Lipinski definition) is 1. The molecule has 0 saturated carbocycles. The quantitative estimate of drug-likeness (QED) is 0.493. The molecule has 0 aliphatic carbocycles. The Hall–Kier alpha value is -3.09. The molecule has 7 nitrogen and oxygen atoms in total. The molecule has 0 aliphatic heterocycles. The Kier molecular flexibility index (Phi) is 5.36. The Balaban J connectivity index is 2.30. The molecule has 128 valence electrons. The van der Waals surface area contributed by atoms with E-state index in [4.69, 9.17) is 29.4 Å². The lowest BCUT2D eigenvalue weighted by Gasteiger charge is -2.14. The first-order valence-electron chi connectivity index (χ1n) is 6.99. The van der Waals surface area contributed by atoms with E-state index in [1.54, 1.807) is 12.1 Å². The lowest BCUT2D eigenvalue weighted by Crippen LogP contribution is -2.09. The third kappa shape index (κ3) is 3.45. The molecular formula is C17H19NO6. The largest absolute Gasteiger partial charge is 0.495 e. The van der Waals surface area contributed by atoms with Gasteiger partial charge in [-0.15, -0.1) is 0 Å². The zero-order valence-corrected chi connectivity index (χ0v) is 13.9. The van der Waals surface area contributed by atoms with Crippen LogP contribution in [-0.2, 0) is 0 Å². The van der Waals surface area contributed by atoms with Crippen LogP contribution < -0.4 is 29.4 Å². The average Bonchev–Trinajstić information content (AvgIpc) is 2.60. The highest BCUT2D eigenvalue weighted by atomic mass is 16.5. The number of carbonyl (C=O) groups excluding carboxylic acids is 1. The Morgan fingerprint density at radius 3 is 1.88 bits per heavy atom. The van der Waals surface area contributed by atoms with Gasteiger partial charge in [-0.3, -0.25) is 0 Å². The summed E-state index contributed by atoms with van der Waals surface area (Å²) in [7, 11) is 5.95. The molecule has 0 atom stereocenters. The molecule has 2 aromatic carbocycles. The number of carbonyl (C=O) groups is 1. The smallest absolute Gasteiger partial charge is 0.343 e. The van der Waals surface area contributed by atoms with Crippen LogP contribution in [0, 0.1) is 0 Å². The highest BCUT2D eigenvalue weighted by Gasteiger charge is 2.17. The van der Waals surface area contributed by atoms with E-state index in [9.17, 15) is 4.79 Å². The second-order valence-corrected chi connectivity index (χ2v) is 4.71. The molecule has 0 fully saturated rings. The van der Waals surface area contributed by atoms with Gasteiger partial charge in [-0.1, -0.05) is 0 Å². The SMILES string of the molecule is COc1ccc(C(=O)Oc2cc(OC)c(OC)c(OC)c2)cc1N. The van der Waals surface area contributed by atoms with Crippen molar-refractivity contribution in [1.29, 1.82) is 0 Å². The number of anilines is 1. The van der Waals surface area contributed by atoms with Gasteiger partial charge in [0.05, 0.1) is 39.7 Å². The fraction of sp³-hybridized carbons (Fsp3) is 0.235. The summed E-state index contributed by atoms with van der Waals surface area (Å²) < 4.78 is 26.1. The van der Waals surface area contributed by atoms with Gasteiger partial charge in [-0.2, -0.15) is 0 Å². The minimum absolute atomic E-state index is 0.254. The van der Waals surface area contributed by atoms with Gasteiger partial charge >= 0.3 is 5.97 Å². The van der Waals surface area contributed by atoms with Crippen LogP contribution in [0.15, 0.2) is 30.3 Å². The maximum absolute atomic E-state index is 12.3. The van der Waals surface area contributed by atoms with Gasteiger partial charge in [0.2, 0.25) is 5.75 Å². The number of benzene rings is 2. The Labute approximate surface area is 139 Å². The van der Waals surface area contributed by atoms with Gasteiger partial charge in [-0.05, 0) is 18.2 Å². The molecule has 0 aromatic heterocycles. The molecule has 0 aliphatic rings. The minimum atomic E-state index is -0.571. The maximum atomic E-state index is 12.3. The molecule has 7 heteroatoms. The number of rotatable bonds is 6. The summed E-state index contributed by atoms with van der Waals surface area (Å²) in [5.41, 5.74) is 6.44. The van der Waals surface area contributed by atoms with Crippen molar-refractivity contribution in [3.63, 3.8) is 0 Å². The van der Waals surface area contributed by atoms with E-state index in [1.807, 2.05) is 0 Å². The Morgan fingerprint density at radius 1 is 0.833 bits per heavy atom. The zero-order valence-electron chi connectivity index (χ0n) is 13.9. The maximum Gasteiger partial charge on any atom is 0.343 e. The van der Waals surface area contributed by atoms with E-state index in [-0.39, 0.29) is 5.75 Å². The van der Waals surface area contributed by atoms with Gasteiger partial charge in [0.15, 0.2) is 11.5 Å². The summed E-state index contributed by atoms with van der Waals surface area (Å²) >= 11 is 0. The van der Waals surface area contributed by atoms with E-state index in [1.165, 1.54) is 46.6 Å². The van der Waals surface area contributed by atoms with Gasteiger partial charge < -0.3 is 29.4 Å². The molecule has 0 saturated heterocycles. The summed E-state index contributed by atoms with van der Waals surface area (Å²) in [5, 5.41) is 0. The predicted octanol–water partition coefficient (Wildman–Crippen LogP) is 2.52. The summed E-state index contributed by atoms with van der Waals surface area (Å²) in [4.78, 5) is 12.3. The van der Waals surface area contributed by atoms with Crippen molar-refractivity contribution in [2.45, 2.75) is 0 Å². The van der Waals surface area contributed by atoms with Crippen molar-refractivity contribution >= 4 is 11.7 Å². The van der Waals surface area contributed by atoms with Crippen LogP contribution in [0.1, 0.15) is 10.4 Å². The van der Waals surface area contributed by atoms with Crippen LogP contribution >= 0.6 is 0 Å². The van der Waals surface area contributed by atoms with Gasteiger partial charge in [0, 0.05) is 12.1 Å². The first-order valence-corrected chi connectivity index (χ1v) is 6.99. The molecule has 0 spiro atoms. The van der Waals surface area contributed by atoms with Crippen LogP contribution in [0.4, 0.5) is 5.69 Å². The summed E-state index contributed by atoms with van der Waals surface area (Å²) in [5.74, 6) is 1.35. The Morgan fingerprint density at radius 2 is 1.42 bits per heavy atom. The van der Waals surface area contributed by atoms with Gasteiger partial charge in [-0.25, -0.2) is 4.79 Å². The Bertz CT molecular complexity index is 719. The van der Waals surface area contributed by atoms with E-state index < -0.39 is 5.97 Å². The number of hydrogen-bond acceptors (Lipinski definition) is 7. The minimum Gasteiger partial charge on any atom is -0.495 e. The first-order chi connectivity index (χ1) is 11.5. The molecule has 0 heterocycles. The lowest BCUT2D eigenvalue weighted by atomic mass is 10.2. The van der Waals surface area contributed by atoms with Crippen LogP contribution in [0.2, 0.25) is 0 Å². The molecule has 2 aromatic rings. The second-order valence-electron chi connectivity index (χ2n) is 4.71. The van der Waals surface area contributed by atoms with Crippen molar-refractivity contribution < 1.29 is 28.5 Å². The molecule has 0 bridgehead atoms. The number of ether oxygens (including phenoxy) is 5. The molecule has 2 rings (SSSR count). The average molecular weight is 333 g/mol. The van der Waals surface area contributed by atoms with Crippen molar-refractivity contribution in [2.24, 2.45) is 0 Å². The molecular weight excluding hydrogens is 314 g/mol. The van der Waals surface area contributed by atoms with Crippen LogP contribution in [-0.4, -0.2) is 34.4 Å². The lowest BCUT2D eigenvalue weighted by molar-refractivity contribution is 0.0734. The fourth-order valence-corrected chi connectivity index (χ4v) is 2.14. The van der Waals surface area contributed by atoms with Crippen molar-refractivity contribution in [3.05, 3.63) is 35.9 Å². The number of methoxy groups -OCH3 is 4. The molecule has 0 unspecified atom stereocenters. The molecule has 0 radical (unpaired) electrons. The predicted molar refractivity (Wildman–Crippen MR) is 88.5 cm³/mol. The van der Waals surface area contributed by atoms with Crippen LogP contribution in [0.25, 0.3) is 0 Å². The van der Waals surface area contributed by atoms with Crippen LogP contribution in [0.3, 0.4) is 0 Å². The van der Waals surface area contributed by atoms with Crippen molar-refractivity contribution in [1.82, 2.24) is 0 Å². The van der Waals surface area contributed by atoms with E-state index in [2.05, 4.69) is 0 Å². The molecule has 0 amide bonds. The summed E-state index contributed by atoms with van der Waals surface area (Å²) in [6.07, 6.45) is 0. The van der Waals surface area contributed by atoms with E-state index >= 15 is 0 Å². The van der Waals surface area contributed by atoms with Crippen molar-refractivity contribution in [3.8, 4) is 28.7 Å². The van der Waals surface area contributed by atoms with E-state index in [0.717, 1.165) is 0 Å². The van der Waals surface area contributed by atoms with Crippen molar-refractivity contribution in [2.75, 3.05) is 34.2 Å². The standard InChI is InChI=1S/C17H19NO6/c1-20-13-6-5-10(7-12(13)18)17(19)24-11-8-14(21-2)16(23-4)15(9-11)22-3/h5-9H,18H2,1-4H3. The van der Waals surface area contributed by atoms with Gasteiger partial charge in [0.25, 0.3) is 0 Å². The number of nitrogens with two attached hydrogens (primary N) is 1. The van der Waals surface area contributed by atoms with E-state index in [0.29, 0.717) is 34.2 Å². The first kappa shape index (κ1) is 17.3. The molecule has 24 heavy (non-hydrogen) atoms. The fourth-order valence-electron chi connectivity index (χ4n) is 2.14. The highest BCUT2D eigenvalue weighted by molar-refractivity contribution is 5.92. The summed E-state index contributed by atoms with van der Waals surface area (Å²) in [6, 6.07) is 7.72. The highest BCUT2D eigenvalue weighted by Crippen LogP contribution is 2.41.